The molecule has 82 valence electrons. The van der Waals surface area contributed by atoms with Crippen LogP contribution < -0.4 is 5.73 Å². The zero-order valence-electron chi connectivity index (χ0n) is 8.40. The van der Waals surface area contributed by atoms with Crippen LogP contribution in [-0.2, 0) is 11.3 Å². The SMILES string of the molecule is CCOCc1ccc(F)cc1C(N)=NO. The number of halogens is 1. The molecule has 0 saturated carbocycles. The first kappa shape index (κ1) is 11.5. The van der Waals surface area contributed by atoms with Crippen molar-refractivity contribution in [1.29, 1.82) is 0 Å². The molecule has 3 N–H and O–H groups in total. The Morgan fingerprint density at radius 2 is 2.33 bits per heavy atom. The highest BCUT2D eigenvalue weighted by atomic mass is 19.1. The van der Waals surface area contributed by atoms with Gasteiger partial charge in [0.1, 0.15) is 5.82 Å². The molecule has 0 aliphatic carbocycles. The molecular weight excluding hydrogens is 199 g/mol. The monoisotopic (exact) mass is 212 g/mol. The molecule has 0 aromatic heterocycles. The number of rotatable bonds is 4. The molecule has 0 fully saturated rings. The topological polar surface area (TPSA) is 67.8 Å². The number of oxime groups is 1. The van der Waals surface area contributed by atoms with E-state index in [0.717, 1.165) is 0 Å². The van der Waals surface area contributed by atoms with Gasteiger partial charge in [-0.15, -0.1) is 0 Å². The van der Waals surface area contributed by atoms with Gasteiger partial charge < -0.3 is 15.7 Å². The lowest BCUT2D eigenvalue weighted by molar-refractivity contribution is 0.134. The highest BCUT2D eigenvalue weighted by Crippen LogP contribution is 2.12. The van der Waals surface area contributed by atoms with Gasteiger partial charge in [-0.3, -0.25) is 0 Å². The van der Waals surface area contributed by atoms with Gasteiger partial charge >= 0.3 is 0 Å². The van der Waals surface area contributed by atoms with Crippen LogP contribution in [0.15, 0.2) is 23.4 Å². The lowest BCUT2D eigenvalue weighted by Crippen LogP contribution is -2.16. The minimum Gasteiger partial charge on any atom is -0.409 e. The standard InChI is InChI=1S/C10H13FN2O2/c1-2-15-6-7-3-4-8(11)5-9(7)10(12)13-14/h3-5,14H,2,6H2,1H3,(H2,12,13). The van der Waals surface area contributed by atoms with Crippen LogP contribution in [0, 0.1) is 5.82 Å². The summed E-state index contributed by atoms with van der Waals surface area (Å²) in [5.74, 6) is -0.555. The van der Waals surface area contributed by atoms with E-state index in [9.17, 15) is 4.39 Å². The number of hydrogen-bond donors (Lipinski definition) is 2. The molecule has 0 radical (unpaired) electrons. The van der Waals surface area contributed by atoms with Crippen LogP contribution in [0.5, 0.6) is 0 Å². The average molecular weight is 212 g/mol. The van der Waals surface area contributed by atoms with Crippen LogP contribution in [0.2, 0.25) is 0 Å². The number of hydrogen-bond acceptors (Lipinski definition) is 3. The lowest BCUT2D eigenvalue weighted by Gasteiger charge is -2.08. The Hall–Kier alpha value is -1.62. The second kappa shape index (κ2) is 5.31. The third-order valence-corrected chi connectivity index (χ3v) is 1.92. The minimum absolute atomic E-state index is 0.121. The molecule has 0 heterocycles. The molecule has 1 rings (SSSR count). The Kier molecular flexibility index (Phi) is 4.05. The van der Waals surface area contributed by atoms with Gasteiger partial charge in [0.2, 0.25) is 0 Å². The first-order valence-electron chi connectivity index (χ1n) is 4.53. The minimum atomic E-state index is -0.433. The summed E-state index contributed by atoms with van der Waals surface area (Å²) in [6, 6.07) is 4.07. The summed E-state index contributed by atoms with van der Waals surface area (Å²) in [6.07, 6.45) is 0. The second-order valence-corrected chi connectivity index (χ2v) is 2.92. The maximum Gasteiger partial charge on any atom is 0.170 e. The Morgan fingerprint density at radius 3 is 2.93 bits per heavy atom. The Labute approximate surface area is 87.2 Å². The lowest BCUT2D eigenvalue weighted by atomic mass is 10.1. The molecule has 0 amide bonds. The summed E-state index contributed by atoms with van der Waals surface area (Å²) >= 11 is 0. The van der Waals surface area contributed by atoms with E-state index in [0.29, 0.717) is 24.3 Å². The zero-order valence-corrected chi connectivity index (χ0v) is 8.40. The van der Waals surface area contributed by atoms with Crippen LogP contribution in [0.25, 0.3) is 0 Å². The summed E-state index contributed by atoms with van der Waals surface area (Å²) in [5.41, 5.74) is 6.45. The normalized spacial score (nSPS) is 11.7. The summed E-state index contributed by atoms with van der Waals surface area (Å²) in [7, 11) is 0. The van der Waals surface area contributed by atoms with Crippen molar-refractivity contribution in [2.45, 2.75) is 13.5 Å². The third-order valence-electron chi connectivity index (χ3n) is 1.92. The molecule has 0 spiro atoms. The number of amidine groups is 1. The van der Waals surface area contributed by atoms with Crippen LogP contribution in [0.3, 0.4) is 0 Å². The molecule has 1 aromatic rings. The van der Waals surface area contributed by atoms with E-state index in [-0.39, 0.29) is 5.84 Å². The van der Waals surface area contributed by atoms with E-state index in [1.807, 2.05) is 6.92 Å². The quantitative estimate of drug-likeness (QED) is 0.343. The molecule has 1 aromatic carbocycles. The van der Waals surface area contributed by atoms with Gasteiger partial charge in [0, 0.05) is 12.2 Å². The average Bonchev–Trinajstić information content (AvgIpc) is 2.26. The predicted octanol–water partition coefficient (Wildman–Crippen LogP) is 1.46. The second-order valence-electron chi connectivity index (χ2n) is 2.92. The van der Waals surface area contributed by atoms with Crippen molar-refractivity contribution in [2.24, 2.45) is 10.9 Å². The number of nitrogens with two attached hydrogens (primary N) is 1. The summed E-state index contributed by atoms with van der Waals surface area (Å²) in [5, 5.41) is 11.4. The largest absolute Gasteiger partial charge is 0.409 e. The van der Waals surface area contributed by atoms with E-state index in [4.69, 9.17) is 15.7 Å². The number of nitrogens with zero attached hydrogens (tertiary/aromatic N) is 1. The first-order valence-corrected chi connectivity index (χ1v) is 4.53. The molecule has 0 unspecified atom stereocenters. The first-order chi connectivity index (χ1) is 7.19. The van der Waals surface area contributed by atoms with Crippen LogP contribution in [0.1, 0.15) is 18.1 Å². The highest BCUT2D eigenvalue weighted by molar-refractivity contribution is 5.98. The maximum absolute atomic E-state index is 12.9. The van der Waals surface area contributed by atoms with Crippen LogP contribution in [-0.4, -0.2) is 17.6 Å². The summed E-state index contributed by atoms with van der Waals surface area (Å²) in [6.45, 7) is 2.71. The molecule has 0 bridgehead atoms. The molecule has 15 heavy (non-hydrogen) atoms. The van der Waals surface area contributed by atoms with Gasteiger partial charge in [-0.2, -0.15) is 0 Å². The summed E-state index contributed by atoms with van der Waals surface area (Å²) < 4.78 is 18.1. The van der Waals surface area contributed by atoms with Crippen molar-refractivity contribution in [3.63, 3.8) is 0 Å². The molecule has 5 heteroatoms. The summed E-state index contributed by atoms with van der Waals surface area (Å²) in [4.78, 5) is 0. The van der Waals surface area contributed by atoms with Gasteiger partial charge in [0.25, 0.3) is 0 Å². The smallest absolute Gasteiger partial charge is 0.170 e. The van der Waals surface area contributed by atoms with Crippen molar-refractivity contribution in [2.75, 3.05) is 6.61 Å². The third kappa shape index (κ3) is 2.92. The zero-order chi connectivity index (χ0) is 11.3. The maximum atomic E-state index is 12.9. The van der Waals surface area contributed by atoms with Crippen molar-refractivity contribution in [3.8, 4) is 0 Å². The van der Waals surface area contributed by atoms with Crippen LogP contribution >= 0.6 is 0 Å². The van der Waals surface area contributed by atoms with Crippen molar-refractivity contribution in [3.05, 3.63) is 35.1 Å². The fraction of sp³-hybridized carbons (Fsp3) is 0.300. The molecule has 0 saturated heterocycles. The molecular formula is C10H13FN2O2. The molecule has 0 aliphatic heterocycles. The van der Waals surface area contributed by atoms with E-state index < -0.39 is 5.82 Å². The van der Waals surface area contributed by atoms with Gasteiger partial charge in [0.05, 0.1) is 6.61 Å². The van der Waals surface area contributed by atoms with E-state index in [1.165, 1.54) is 12.1 Å². The number of ether oxygens (including phenoxy) is 1. The van der Waals surface area contributed by atoms with Gasteiger partial charge in [-0.05, 0) is 24.6 Å². The Balaban J connectivity index is 3.03. The Morgan fingerprint density at radius 1 is 1.60 bits per heavy atom. The fourth-order valence-corrected chi connectivity index (χ4v) is 1.18. The predicted molar refractivity (Wildman–Crippen MR) is 54.2 cm³/mol. The Bertz CT molecular complexity index is 366. The fourth-order valence-electron chi connectivity index (χ4n) is 1.18. The molecule has 0 atom stereocenters. The van der Waals surface area contributed by atoms with Crippen LogP contribution in [0.4, 0.5) is 4.39 Å². The highest BCUT2D eigenvalue weighted by Gasteiger charge is 2.08. The number of benzene rings is 1. The van der Waals surface area contributed by atoms with Crippen molar-refractivity contribution in [1.82, 2.24) is 0 Å². The van der Waals surface area contributed by atoms with Crippen molar-refractivity contribution >= 4 is 5.84 Å². The van der Waals surface area contributed by atoms with E-state index in [1.54, 1.807) is 6.07 Å². The van der Waals surface area contributed by atoms with Crippen molar-refractivity contribution < 1.29 is 14.3 Å². The van der Waals surface area contributed by atoms with Gasteiger partial charge in [-0.25, -0.2) is 4.39 Å². The molecule has 4 nitrogen and oxygen atoms in total. The van der Waals surface area contributed by atoms with Gasteiger partial charge in [-0.1, -0.05) is 11.2 Å². The van der Waals surface area contributed by atoms with E-state index in [2.05, 4.69) is 5.16 Å². The van der Waals surface area contributed by atoms with Gasteiger partial charge in [0.15, 0.2) is 5.84 Å². The van der Waals surface area contributed by atoms with E-state index >= 15 is 0 Å². The molecule has 0 aliphatic rings.